The average Bonchev–Trinajstić information content (AvgIpc) is 2.46. The maximum Gasteiger partial charge on any atom is 0.391 e. The van der Waals surface area contributed by atoms with Gasteiger partial charge in [-0.2, -0.15) is 13.2 Å². The van der Waals surface area contributed by atoms with Crippen LogP contribution in [0, 0.1) is 0 Å². The van der Waals surface area contributed by atoms with Crippen LogP contribution in [0.25, 0.3) is 0 Å². The minimum atomic E-state index is -4.66. The van der Waals surface area contributed by atoms with Crippen molar-refractivity contribution < 1.29 is 32.6 Å². The lowest BCUT2D eigenvalue weighted by Crippen LogP contribution is -2.43. The van der Waals surface area contributed by atoms with E-state index in [0.29, 0.717) is 6.61 Å². The number of nitrogens with one attached hydrogen (secondary N) is 1. The average molecular weight is 333 g/mol. The van der Waals surface area contributed by atoms with E-state index >= 15 is 0 Å². The summed E-state index contributed by atoms with van der Waals surface area (Å²) in [6.07, 6.45) is -6.07. The van der Waals surface area contributed by atoms with Crippen LogP contribution >= 0.6 is 0 Å². The van der Waals surface area contributed by atoms with E-state index in [0.717, 1.165) is 5.56 Å². The van der Waals surface area contributed by atoms with Crippen molar-refractivity contribution in [2.75, 3.05) is 6.61 Å². The molecule has 8 heteroatoms. The van der Waals surface area contributed by atoms with Gasteiger partial charge in [0.1, 0.15) is 6.04 Å². The van der Waals surface area contributed by atoms with Crippen LogP contribution in [0.4, 0.5) is 13.2 Å². The molecule has 0 bridgehead atoms. The van der Waals surface area contributed by atoms with Gasteiger partial charge in [-0.3, -0.25) is 4.79 Å². The number of carbonyl (C=O) groups is 2. The number of hydrogen-bond donors (Lipinski definition) is 2. The van der Waals surface area contributed by atoms with Crippen molar-refractivity contribution >= 4 is 11.9 Å². The highest BCUT2D eigenvalue weighted by atomic mass is 19.4. The first-order chi connectivity index (χ1) is 10.8. The van der Waals surface area contributed by atoms with Crippen LogP contribution in [0.1, 0.15) is 24.8 Å². The summed E-state index contributed by atoms with van der Waals surface area (Å²) in [6, 6.07) is 7.38. The van der Waals surface area contributed by atoms with Gasteiger partial charge in [0, 0.05) is 13.0 Å². The highest BCUT2D eigenvalue weighted by Gasteiger charge is 2.36. The van der Waals surface area contributed by atoms with E-state index in [1.807, 2.05) is 35.6 Å². The van der Waals surface area contributed by atoms with E-state index in [1.165, 1.54) is 0 Å². The molecule has 1 aromatic rings. The number of carbonyl (C=O) groups excluding carboxylic acids is 1. The van der Waals surface area contributed by atoms with E-state index in [-0.39, 0.29) is 19.4 Å². The van der Waals surface area contributed by atoms with Gasteiger partial charge in [-0.25, -0.2) is 4.79 Å². The first-order valence-electron chi connectivity index (χ1n) is 6.98. The molecule has 1 amide bonds. The summed E-state index contributed by atoms with van der Waals surface area (Å²) in [6.45, 7) is 0.619. The molecule has 0 aliphatic rings. The molecular formula is C15H18F3NO4. The van der Waals surface area contributed by atoms with Crippen molar-refractivity contribution in [3.05, 3.63) is 35.9 Å². The van der Waals surface area contributed by atoms with Crippen molar-refractivity contribution in [3.63, 3.8) is 0 Å². The third-order valence-corrected chi connectivity index (χ3v) is 2.87. The zero-order valence-corrected chi connectivity index (χ0v) is 12.3. The molecule has 0 aliphatic heterocycles. The van der Waals surface area contributed by atoms with Gasteiger partial charge in [-0.1, -0.05) is 30.3 Å². The number of aliphatic carboxylic acids is 1. The molecule has 0 fully saturated rings. The Morgan fingerprint density at radius 3 is 2.43 bits per heavy atom. The first kappa shape index (κ1) is 19.0. The fraction of sp³-hybridized carbons (Fsp3) is 0.467. The second-order valence-electron chi connectivity index (χ2n) is 4.92. The summed E-state index contributed by atoms with van der Waals surface area (Å²) < 4.78 is 41.9. The van der Waals surface area contributed by atoms with Gasteiger partial charge in [0.15, 0.2) is 0 Å². The van der Waals surface area contributed by atoms with Crippen LogP contribution in [0.2, 0.25) is 0 Å². The van der Waals surface area contributed by atoms with Crippen LogP contribution in [-0.2, 0) is 20.9 Å². The summed E-state index contributed by atoms with van der Waals surface area (Å²) in [5, 5.41) is 10.5. The quantitative estimate of drug-likeness (QED) is 0.681. The second-order valence-corrected chi connectivity index (χ2v) is 4.92. The molecule has 0 aromatic heterocycles. The van der Waals surface area contributed by atoms with Crippen LogP contribution in [-0.4, -0.2) is 35.8 Å². The number of rotatable bonds is 9. The van der Waals surface area contributed by atoms with Crippen LogP contribution < -0.4 is 5.32 Å². The van der Waals surface area contributed by atoms with Gasteiger partial charge in [0.05, 0.1) is 13.0 Å². The predicted octanol–water partition coefficient (Wildman–Crippen LogP) is 2.51. The molecule has 5 nitrogen and oxygen atoms in total. The van der Waals surface area contributed by atoms with E-state index in [9.17, 15) is 22.8 Å². The van der Waals surface area contributed by atoms with E-state index in [4.69, 9.17) is 9.84 Å². The number of carboxylic acids is 1. The number of halogens is 3. The molecule has 23 heavy (non-hydrogen) atoms. The van der Waals surface area contributed by atoms with Gasteiger partial charge in [0.25, 0.3) is 0 Å². The summed E-state index contributed by atoms with van der Waals surface area (Å²) in [5.74, 6) is -2.46. The highest BCUT2D eigenvalue weighted by molar-refractivity contribution is 5.83. The molecule has 1 atom stereocenters. The Kier molecular flexibility index (Phi) is 7.53. The molecule has 1 rings (SSSR count). The molecular weight excluding hydrogens is 315 g/mol. The van der Waals surface area contributed by atoms with Gasteiger partial charge < -0.3 is 15.2 Å². The number of ether oxygens (including phenoxy) is 1. The van der Waals surface area contributed by atoms with Crippen LogP contribution in [0.5, 0.6) is 0 Å². The van der Waals surface area contributed by atoms with E-state index in [2.05, 4.69) is 0 Å². The number of hydrogen-bond acceptors (Lipinski definition) is 3. The summed E-state index contributed by atoms with van der Waals surface area (Å²) in [4.78, 5) is 22.2. The largest absolute Gasteiger partial charge is 0.480 e. The number of amides is 1. The zero-order valence-electron chi connectivity index (χ0n) is 12.3. The standard InChI is InChI=1S/C15H18F3NO4/c16-15(17,18)9-12(14(21)22)19-13(20)7-4-8-23-10-11-5-2-1-3-6-11/h1-3,5-6,12H,4,7-10H2,(H,19,20)(H,21,22). The Labute approximate surface area is 131 Å². The number of alkyl halides is 3. The van der Waals surface area contributed by atoms with Crippen molar-refractivity contribution in [3.8, 4) is 0 Å². The first-order valence-corrected chi connectivity index (χ1v) is 6.98. The van der Waals surface area contributed by atoms with Crippen molar-refractivity contribution in [1.82, 2.24) is 5.32 Å². The summed E-state index contributed by atoms with van der Waals surface area (Å²) >= 11 is 0. The summed E-state index contributed by atoms with van der Waals surface area (Å²) in [7, 11) is 0. The van der Waals surface area contributed by atoms with Gasteiger partial charge in [-0.15, -0.1) is 0 Å². The zero-order chi connectivity index (χ0) is 17.3. The molecule has 1 aromatic carbocycles. The van der Waals surface area contributed by atoms with Crippen LogP contribution in [0.3, 0.4) is 0 Å². The monoisotopic (exact) mass is 333 g/mol. The second kappa shape index (κ2) is 9.14. The SMILES string of the molecule is O=C(CCCOCc1ccccc1)NC(CC(F)(F)F)C(=O)O. The van der Waals surface area contributed by atoms with Crippen molar-refractivity contribution in [1.29, 1.82) is 0 Å². The fourth-order valence-corrected chi connectivity index (χ4v) is 1.80. The normalized spacial score (nSPS) is 12.7. The number of carboxylic acid groups (broad SMARTS) is 1. The highest BCUT2D eigenvalue weighted by Crippen LogP contribution is 2.21. The van der Waals surface area contributed by atoms with Crippen LogP contribution in [0.15, 0.2) is 30.3 Å². The Morgan fingerprint density at radius 2 is 1.87 bits per heavy atom. The number of benzene rings is 1. The molecule has 0 saturated heterocycles. The Balaban J connectivity index is 2.23. The molecule has 0 radical (unpaired) electrons. The van der Waals surface area contributed by atoms with Crippen molar-refractivity contribution in [2.24, 2.45) is 0 Å². The predicted molar refractivity (Wildman–Crippen MR) is 75.6 cm³/mol. The fourth-order valence-electron chi connectivity index (χ4n) is 1.80. The Hall–Kier alpha value is -2.09. The van der Waals surface area contributed by atoms with E-state index < -0.39 is 30.5 Å². The molecule has 0 heterocycles. The lowest BCUT2D eigenvalue weighted by molar-refractivity contribution is -0.160. The molecule has 1 unspecified atom stereocenters. The lowest BCUT2D eigenvalue weighted by atomic mass is 10.2. The smallest absolute Gasteiger partial charge is 0.391 e. The maximum absolute atomic E-state index is 12.2. The maximum atomic E-state index is 12.2. The minimum Gasteiger partial charge on any atom is -0.480 e. The molecule has 0 aliphatic carbocycles. The van der Waals surface area contributed by atoms with Gasteiger partial charge >= 0.3 is 12.1 Å². The molecule has 0 spiro atoms. The summed E-state index contributed by atoms with van der Waals surface area (Å²) in [5.41, 5.74) is 0.966. The third-order valence-electron chi connectivity index (χ3n) is 2.87. The third kappa shape index (κ3) is 8.82. The van der Waals surface area contributed by atoms with Gasteiger partial charge in [-0.05, 0) is 12.0 Å². The lowest BCUT2D eigenvalue weighted by Gasteiger charge is -2.16. The van der Waals surface area contributed by atoms with Gasteiger partial charge in [0.2, 0.25) is 5.91 Å². The van der Waals surface area contributed by atoms with Crippen molar-refractivity contribution in [2.45, 2.75) is 38.1 Å². The topological polar surface area (TPSA) is 75.6 Å². The minimum absolute atomic E-state index is 0.101. The molecule has 2 N–H and O–H groups in total. The Bertz CT molecular complexity index is 505. The van der Waals surface area contributed by atoms with E-state index in [1.54, 1.807) is 0 Å². The Morgan fingerprint density at radius 1 is 1.22 bits per heavy atom. The molecule has 0 saturated carbocycles. The molecule has 128 valence electrons.